The molecule has 8 heteroatoms. The van der Waals surface area contributed by atoms with E-state index in [9.17, 15) is 4.79 Å². The van der Waals surface area contributed by atoms with Gasteiger partial charge < -0.3 is 4.90 Å². The van der Waals surface area contributed by atoms with E-state index in [1.807, 2.05) is 24.4 Å². The summed E-state index contributed by atoms with van der Waals surface area (Å²) < 4.78 is 0. The lowest BCUT2D eigenvalue weighted by atomic mass is 10.3. The molecule has 0 aliphatic rings. The van der Waals surface area contributed by atoms with Gasteiger partial charge in [0, 0.05) is 7.05 Å². The molecule has 0 aliphatic heterocycles. The summed E-state index contributed by atoms with van der Waals surface area (Å²) in [6.45, 7) is 2.26. The number of hydrogen-bond donors (Lipinski definition) is 1. The maximum Gasteiger partial charge on any atom is 0.266 e. The van der Waals surface area contributed by atoms with E-state index in [0.717, 1.165) is 15.6 Å². The lowest BCUT2D eigenvalue weighted by Gasteiger charge is -2.14. The van der Waals surface area contributed by atoms with Gasteiger partial charge in [-0.2, -0.15) is 5.10 Å². The number of nitrogens with zero attached hydrogens (tertiary/aromatic N) is 4. The highest BCUT2D eigenvalue weighted by atomic mass is 32.1. The van der Waals surface area contributed by atoms with E-state index in [0.29, 0.717) is 17.2 Å². The molecule has 3 rings (SSSR count). The zero-order valence-corrected chi connectivity index (χ0v) is 13.2. The normalized spacial score (nSPS) is 10.8. The summed E-state index contributed by atoms with van der Waals surface area (Å²) in [4.78, 5) is 24.4. The predicted molar refractivity (Wildman–Crippen MR) is 82.3 cm³/mol. The summed E-state index contributed by atoms with van der Waals surface area (Å²) in [5.41, 5.74) is 0.762. The van der Waals surface area contributed by atoms with Gasteiger partial charge in [0.15, 0.2) is 0 Å². The number of carbonyl (C=O) groups is 1. The van der Waals surface area contributed by atoms with E-state index in [2.05, 4.69) is 20.2 Å². The Bertz CT molecular complexity index is 733. The van der Waals surface area contributed by atoms with Gasteiger partial charge in [-0.3, -0.25) is 9.89 Å². The molecule has 3 heterocycles. The lowest BCUT2D eigenvalue weighted by molar-refractivity contribution is 0.0785. The largest absolute Gasteiger partial charge is 0.333 e. The van der Waals surface area contributed by atoms with Gasteiger partial charge in [0.05, 0.1) is 17.1 Å². The maximum absolute atomic E-state index is 12.5. The van der Waals surface area contributed by atoms with Crippen molar-refractivity contribution in [3.8, 4) is 9.88 Å². The first-order valence-corrected chi connectivity index (χ1v) is 7.96. The van der Waals surface area contributed by atoms with Crippen LogP contribution in [0.1, 0.15) is 21.2 Å². The number of aromatic nitrogens is 4. The number of nitrogens with one attached hydrogen (secondary N) is 1. The van der Waals surface area contributed by atoms with Crippen LogP contribution in [0.4, 0.5) is 0 Å². The third kappa shape index (κ3) is 2.86. The topological polar surface area (TPSA) is 74.8 Å². The number of thiazole rings is 1. The molecule has 0 fully saturated rings. The Morgan fingerprint density at radius 3 is 3.00 bits per heavy atom. The third-order valence-electron chi connectivity index (χ3n) is 2.92. The quantitative estimate of drug-likeness (QED) is 0.802. The highest BCUT2D eigenvalue weighted by Gasteiger charge is 2.20. The van der Waals surface area contributed by atoms with Crippen molar-refractivity contribution in [1.82, 2.24) is 25.1 Å². The number of thiophene rings is 1. The van der Waals surface area contributed by atoms with Gasteiger partial charge in [0.25, 0.3) is 5.91 Å². The first kappa shape index (κ1) is 13.9. The number of aryl methyl sites for hydroxylation is 1. The number of H-pyrrole nitrogens is 1. The van der Waals surface area contributed by atoms with Crippen molar-refractivity contribution in [3.63, 3.8) is 0 Å². The zero-order chi connectivity index (χ0) is 14.8. The van der Waals surface area contributed by atoms with Crippen molar-refractivity contribution in [2.75, 3.05) is 7.05 Å². The number of rotatable bonds is 4. The standard InChI is InChI=1S/C13H13N5OS2/c1-8-11(21-12(16-8)9-4-3-5-20-9)13(19)18(2)6-10-14-7-15-17-10/h3-5,7H,6H2,1-2H3,(H,14,15,17). The molecule has 21 heavy (non-hydrogen) atoms. The van der Waals surface area contributed by atoms with E-state index < -0.39 is 0 Å². The minimum absolute atomic E-state index is 0.0517. The van der Waals surface area contributed by atoms with Crippen LogP contribution in [0.2, 0.25) is 0 Å². The van der Waals surface area contributed by atoms with Crippen LogP contribution in [0, 0.1) is 6.92 Å². The minimum atomic E-state index is -0.0517. The molecule has 0 aromatic carbocycles. The highest BCUT2D eigenvalue weighted by molar-refractivity contribution is 7.22. The molecule has 108 valence electrons. The fraction of sp³-hybridized carbons (Fsp3) is 0.231. The Morgan fingerprint density at radius 2 is 2.33 bits per heavy atom. The number of amides is 1. The average Bonchev–Trinajstić information content (AvgIpc) is 3.18. The van der Waals surface area contributed by atoms with Crippen LogP contribution in [0.5, 0.6) is 0 Å². The fourth-order valence-corrected chi connectivity index (χ4v) is 3.74. The predicted octanol–water partition coefficient (Wildman–Crippen LogP) is 2.57. The summed E-state index contributed by atoms with van der Waals surface area (Å²) in [5, 5.41) is 9.42. The van der Waals surface area contributed by atoms with Crippen LogP contribution in [0.25, 0.3) is 9.88 Å². The Hall–Kier alpha value is -2.06. The Labute approximate surface area is 129 Å². The second-order valence-corrected chi connectivity index (χ2v) is 6.45. The lowest BCUT2D eigenvalue weighted by Crippen LogP contribution is -2.26. The highest BCUT2D eigenvalue weighted by Crippen LogP contribution is 2.31. The molecule has 0 bridgehead atoms. The second kappa shape index (κ2) is 5.74. The van der Waals surface area contributed by atoms with E-state index in [1.54, 1.807) is 23.3 Å². The molecular formula is C13H13N5OS2. The van der Waals surface area contributed by atoms with Crippen LogP contribution in [-0.2, 0) is 6.54 Å². The molecule has 0 saturated heterocycles. The molecular weight excluding hydrogens is 306 g/mol. The molecule has 0 saturated carbocycles. The maximum atomic E-state index is 12.5. The van der Waals surface area contributed by atoms with Gasteiger partial charge in [-0.15, -0.1) is 22.7 Å². The Balaban J connectivity index is 1.81. The Morgan fingerprint density at radius 1 is 1.48 bits per heavy atom. The van der Waals surface area contributed by atoms with Crippen molar-refractivity contribution in [2.45, 2.75) is 13.5 Å². The van der Waals surface area contributed by atoms with Gasteiger partial charge >= 0.3 is 0 Å². The van der Waals surface area contributed by atoms with Crippen LogP contribution in [0.15, 0.2) is 23.8 Å². The summed E-state index contributed by atoms with van der Waals surface area (Å²) in [5.74, 6) is 0.607. The minimum Gasteiger partial charge on any atom is -0.333 e. The molecule has 3 aromatic heterocycles. The van der Waals surface area contributed by atoms with Crippen LogP contribution in [0.3, 0.4) is 0 Å². The zero-order valence-electron chi connectivity index (χ0n) is 11.5. The number of carbonyl (C=O) groups excluding carboxylic acids is 1. The first-order chi connectivity index (χ1) is 10.1. The van der Waals surface area contributed by atoms with Crippen molar-refractivity contribution in [3.05, 3.63) is 40.2 Å². The third-order valence-corrected chi connectivity index (χ3v) is 5.11. The van der Waals surface area contributed by atoms with Crippen molar-refractivity contribution < 1.29 is 4.79 Å². The summed E-state index contributed by atoms with van der Waals surface area (Å²) >= 11 is 3.05. The summed E-state index contributed by atoms with van der Waals surface area (Å²) in [6, 6.07) is 3.99. The van der Waals surface area contributed by atoms with E-state index in [1.165, 1.54) is 17.7 Å². The van der Waals surface area contributed by atoms with Gasteiger partial charge in [-0.1, -0.05) is 6.07 Å². The van der Waals surface area contributed by atoms with Crippen LogP contribution < -0.4 is 0 Å². The van der Waals surface area contributed by atoms with Gasteiger partial charge in [-0.25, -0.2) is 9.97 Å². The van der Waals surface area contributed by atoms with Crippen molar-refractivity contribution in [1.29, 1.82) is 0 Å². The number of aromatic amines is 1. The SMILES string of the molecule is Cc1nc(-c2cccs2)sc1C(=O)N(C)Cc1ncn[nH]1. The van der Waals surface area contributed by atoms with Gasteiger partial charge in [0.2, 0.25) is 0 Å². The smallest absolute Gasteiger partial charge is 0.266 e. The molecule has 6 nitrogen and oxygen atoms in total. The molecule has 0 atom stereocenters. The molecule has 1 amide bonds. The molecule has 3 aromatic rings. The van der Waals surface area contributed by atoms with Crippen molar-refractivity contribution in [2.24, 2.45) is 0 Å². The fourth-order valence-electron chi connectivity index (χ4n) is 1.88. The summed E-state index contributed by atoms with van der Waals surface area (Å²) in [7, 11) is 1.74. The average molecular weight is 319 g/mol. The first-order valence-electron chi connectivity index (χ1n) is 6.26. The van der Waals surface area contributed by atoms with E-state index in [-0.39, 0.29) is 5.91 Å². The molecule has 0 spiro atoms. The Kier molecular flexibility index (Phi) is 3.80. The van der Waals surface area contributed by atoms with E-state index in [4.69, 9.17) is 0 Å². The van der Waals surface area contributed by atoms with Crippen LogP contribution >= 0.6 is 22.7 Å². The molecule has 0 radical (unpaired) electrons. The summed E-state index contributed by atoms with van der Waals surface area (Å²) in [6.07, 6.45) is 1.43. The van der Waals surface area contributed by atoms with Gasteiger partial charge in [-0.05, 0) is 18.4 Å². The number of hydrogen-bond acceptors (Lipinski definition) is 6. The van der Waals surface area contributed by atoms with Crippen LogP contribution in [-0.4, -0.2) is 38.0 Å². The second-order valence-electron chi connectivity index (χ2n) is 4.50. The van der Waals surface area contributed by atoms with Crippen molar-refractivity contribution >= 4 is 28.6 Å². The molecule has 1 N–H and O–H groups in total. The molecule has 0 unspecified atom stereocenters. The van der Waals surface area contributed by atoms with Gasteiger partial charge in [0.1, 0.15) is 22.0 Å². The molecule has 0 aliphatic carbocycles. The monoisotopic (exact) mass is 319 g/mol. The van der Waals surface area contributed by atoms with E-state index >= 15 is 0 Å².